The number of anilines is 1. The van der Waals surface area contributed by atoms with Crippen molar-refractivity contribution in [3.8, 4) is 6.07 Å². The summed E-state index contributed by atoms with van der Waals surface area (Å²) < 4.78 is 0. The number of hydrogen-bond acceptors (Lipinski definition) is 3. The Labute approximate surface area is 162 Å². The molecule has 1 aromatic rings. The van der Waals surface area contributed by atoms with Crippen LogP contribution in [0.15, 0.2) is 30.0 Å². The van der Waals surface area contributed by atoms with Crippen LogP contribution in [0.5, 0.6) is 0 Å². The monoisotopic (exact) mass is 363 g/mol. The van der Waals surface area contributed by atoms with Crippen LogP contribution in [0.1, 0.15) is 56.6 Å². The van der Waals surface area contributed by atoms with Crippen molar-refractivity contribution >= 4 is 11.6 Å². The highest BCUT2D eigenvalue weighted by atomic mass is 16.1. The van der Waals surface area contributed by atoms with Gasteiger partial charge in [-0.3, -0.25) is 4.79 Å². The molecule has 0 saturated heterocycles. The van der Waals surface area contributed by atoms with Gasteiger partial charge < -0.3 is 10.6 Å². The first-order valence-corrected chi connectivity index (χ1v) is 10.3. The van der Waals surface area contributed by atoms with Gasteiger partial charge in [0, 0.05) is 17.4 Å². The Kier molecular flexibility index (Phi) is 4.72. The minimum atomic E-state index is -0.321. The zero-order chi connectivity index (χ0) is 19.0. The molecule has 0 atom stereocenters. The van der Waals surface area contributed by atoms with Crippen LogP contribution in [0.4, 0.5) is 5.69 Å². The summed E-state index contributed by atoms with van der Waals surface area (Å²) >= 11 is 0. The van der Waals surface area contributed by atoms with Gasteiger partial charge in [0.05, 0.1) is 0 Å². The molecule has 0 aliphatic heterocycles. The number of carbonyl (C=O) groups is 1. The number of carbonyl (C=O) groups excluding carboxylic acids is 1. The standard InChI is InChI=1S/C23H29N3O/c1-3-19-6-4-5-15(2)21(19)26-22(27)20(13-24)14-25-23-10-16-7-17(11-23)9-18(8-16)12-23/h4-6,14,16-18,25H,3,7-12H2,1-2H3,(H,26,27)/b20-14-. The maximum absolute atomic E-state index is 12.7. The van der Waals surface area contributed by atoms with Gasteiger partial charge in [0.1, 0.15) is 11.6 Å². The summed E-state index contributed by atoms with van der Waals surface area (Å²) in [4.78, 5) is 12.7. The molecule has 4 heteroatoms. The maximum atomic E-state index is 12.7. The zero-order valence-corrected chi connectivity index (χ0v) is 16.3. The van der Waals surface area contributed by atoms with Crippen LogP contribution in [-0.2, 0) is 11.2 Å². The lowest BCUT2D eigenvalue weighted by atomic mass is 9.53. The van der Waals surface area contributed by atoms with E-state index in [1.165, 1.54) is 38.5 Å². The summed E-state index contributed by atoms with van der Waals surface area (Å²) in [5.41, 5.74) is 3.22. The summed E-state index contributed by atoms with van der Waals surface area (Å²) in [5.74, 6) is 2.17. The van der Waals surface area contributed by atoms with E-state index in [1.807, 2.05) is 25.1 Å². The quantitative estimate of drug-likeness (QED) is 0.599. The predicted octanol–water partition coefficient (Wildman–Crippen LogP) is 4.46. The number of nitrogens with zero attached hydrogens (tertiary/aromatic N) is 1. The van der Waals surface area contributed by atoms with Crippen molar-refractivity contribution < 1.29 is 4.79 Å². The Morgan fingerprint density at radius 1 is 1.22 bits per heavy atom. The highest BCUT2D eigenvalue weighted by Gasteiger charge is 2.50. The first-order chi connectivity index (χ1) is 13.0. The number of amides is 1. The molecule has 0 radical (unpaired) electrons. The van der Waals surface area contributed by atoms with Gasteiger partial charge in [-0.05, 0) is 80.8 Å². The van der Waals surface area contributed by atoms with Crippen molar-refractivity contribution in [2.45, 2.75) is 64.3 Å². The fourth-order valence-electron chi connectivity index (χ4n) is 6.04. The Morgan fingerprint density at radius 3 is 2.41 bits per heavy atom. The molecule has 4 aliphatic carbocycles. The highest BCUT2D eigenvalue weighted by Crippen LogP contribution is 2.55. The molecule has 5 rings (SSSR count). The van der Waals surface area contributed by atoms with E-state index in [4.69, 9.17) is 0 Å². The molecule has 4 saturated carbocycles. The molecule has 1 amide bonds. The van der Waals surface area contributed by atoms with E-state index in [0.717, 1.165) is 41.0 Å². The molecular weight excluding hydrogens is 334 g/mol. The molecule has 0 unspecified atom stereocenters. The third-order valence-corrected chi connectivity index (χ3v) is 6.90. The number of aryl methyl sites for hydroxylation is 2. The number of nitriles is 1. The molecule has 4 nitrogen and oxygen atoms in total. The lowest BCUT2D eigenvalue weighted by molar-refractivity contribution is -0.112. The molecule has 4 bridgehead atoms. The normalized spacial score (nSPS) is 31.4. The van der Waals surface area contributed by atoms with Crippen molar-refractivity contribution in [2.75, 3.05) is 5.32 Å². The van der Waals surface area contributed by atoms with Gasteiger partial charge in [0.15, 0.2) is 0 Å². The molecule has 4 fully saturated rings. The van der Waals surface area contributed by atoms with Crippen molar-refractivity contribution in [1.82, 2.24) is 5.32 Å². The minimum absolute atomic E-state index is 0.106. The minimum Gasteiger partial charge on any atom is -0.384 e. The summed E-state index contributed by atoms with van der Waals surface area (Å²) in [7, 11) is 0. The highest BCUT2D eigenvalue weighted by molar-refractivity contribution is 6.07. The van der Waals surface area contributed by atoms with E-state index >= 15 is 0 Å². The van der Waals surface area contributed by atoms with Crippen LogP contribution in [0.25, 0.3) is 0 Å². The summed E-state index contributed by atoms with van der Waals surface area (Å²) in [5, 5.41) is 16.1. The van der Waals surface area contributed by atoms with E-state index in [0.29, 0.717) is 0 Å². The van der Waals surface area contributed by atoms with Crippen LogP contribution < -0.4 is 10.6 Å². The van der Waals surface area contributed by atoms with Crippen molar-refractivity contribution in [3.05, 3.63) is 41.1 Å². The van der Waals surface area contributed by atoms with Crippen molar-refractivity contribution in [3.63, 3.8) is 0 Å². The van der Waals surface area contributed by atoms with Gasteiger partial charge in [-0.15, -0.1) is 0 Å². The lowest BCUT2D eigenvalue weighted by Gasteiger charge is -2.56. The van der Waals surface area contributed by atoms with Gasteiger partial charge in [-0.2, -0.15) is 5.26 Å². The molecule has 2 N–H and O–H groups in total. The van der Waals surface area contributed by atoms with Crippen LogP contribution in [0.2, 0.25) is 0 Å². The SMILES string of the molecule is CCc1cccc(C)c1NC(=O)/C(C#N)=C\NC12CC3CC(CC(C3)C1)C2. The Balaban J connectivity index is 1.49. The molecular formula is C23H29N3O. The third kappa shape index (κ3) is 3.48. The largest absolute Gasteiger partial charge is 0.384 e. The van der Waals surface area contributed by atoms with Crippen molar-refractivity contribution in [1.29, 1.82) is 5.26 Å². The van der Waals surface area contributed by atoms with E-state index in [9.17, 15) is 10.1 Å². The van der Waals surface area contributed by atoms with E-state index in [1.54, 1.807) is 6.20 Å². The number of rotatable bonds is 5. The first kappa shape index (κ1) is 18.1. The second-order valence-electron chi connectivity index (χ2n) is 8.93. The zero-order valence-electron chi connectivity index (χ0n) is 16.3. The van der Waals surface area contributed by atoms with Crippen LogP contribution in [0, 0.1) is 36.0 Å². The summed E-state index contributed by atoms with van der Waals surface area (Å²) in [6, 6.07) is 8.10. The van der Waals surface area contributed by atoms with E-state index in [2.05, 4.69) is 23.6 Å². The average Bonchev–Trinajstić information content (AvgIpc) is 2.62. The number of benzene rings is 1. The molecule has 27 heavy (non-hydrogen) atoms. The van der Waals surface area contributed by atoms with Crippen LogP contribution >= 0.6 is 0 Å². The molecule has 142 valence electrons. The fourth-order valence-corrected chi connectivity index (χ4v) is 6.04. The molecule has 0 spiro atoms. The van der Waals surface area contributed by atoms with Gasteiger partial charge in [0.2, 0.25) is 0 Å². The molecule has 0 aromatic heterocycles. The third-order valence-electron chi connectivity index (χ3n) is 6.90. The van der Waals surface area contributed by atoms with Crippen LogP contribution in [0.3, 0.4) is 0 Å². The number of nitrogens with one attached hydrogen (secondary N) is 2. The number of hydrogen-bond donors (Lipinski definition) is 2. The summed E-state index contributed by atoms with van der Waals surface area (Å²) in [6.07, 6.45) is 10.2. The summed E-state index contributed by atoms with van der Waals surface area (Å²) in [6.45, 7) is 4.05. The van der Waals surface area contributed by atoms with Crippen LogP contribution in [-0.4, -0.2) is 11.4 Å². The maximum Gasteiger partial charge on any atom is 0.267 e. The van der Waals surface area contributed by atoms with Gasteiger partial charge >= 0.3 is 0 Å². The topological polar surface area (TPSA) is 64.9 Å². The fraction of sp³-hybridized carbons (Fsp3) is 0.565. The Morgan fingerprint density at radius 2 is 1.85 bits per heavy atom. The molecule has 4 aliphatic rings. The Bertz CT molecular complexity index is 782. The van der Waals surface area contributed by atoms with Crippen molar-refractivity contribution in [2.24, 2.45) is 17.8 Å². The number of para-hydroxylation sites is 1. The first-order valence-electron chi connectivity index (χ1n) is 10.3. The van der Waals surface area contributed by atoms with Gasteiger partial charge in [-0.25, -0.2) is 0 Å². The van der Waals surface area contributed by atoms with E-state index < -0.39 is 0 Å². The van der Waals surface area contributed by atoms with Gasteiger partial charge in [-0.1, -0.05) is 25.1 Å². The predicted molar refractivity (Wildman–Crippen MR) is 107 cm³/mol. The second-order valence-corrected chi connectivity index (χ2v) is 8.93. The van der Waals surface area contributed by atoms with Gasteiger partial charge in [0.25, 0.3) is 5.91 Å². The average molecular weight is 364 g/mol. The molecule has 1 aromatic carbocycles. The smallest absolute Gasteiger partial charge is 0.267 e. The Hall–Kier alpha value is -2.28. The lowest BCUT2D eigenvalue weighted by Crippen LogP contribution is -2.57. The second kappa shape index (κ2) is 7.03. The molecule has 0 heterocycles. The van der Waals surface area contributed by atoms with E-state index in [-0.39, 0.29) is 17.0 Å².